The molecule has 54 valence electrons. The zero-order valence-corrected chi connectivity index (χ0v) is 6.91. The minimum Gasteiger partial charge on any atom is -0.377 e. The second-order valence-corrected chi connectivity index (χ2v) is 3.72. The number of hydrogen-bond donors (Lipinski definition) is 0. The summed E-state index contributed by atoms with van der Waals surface area (Å²) in [4.78, 5) is 0. The number of thioether (sulfide) groups is 1. The first-order valence-corrected chi connectivity index (χ1v) is 4.76. The van der Waals surface area contributed by atoms with Gasteiger partial charge in [-0.2, -0.15) is 11.8 Å². The van der Waals surface area contributed by atoms with Gasteiger partial charge in [0.05, 0.1) is 12.7 Å². The van der Waals surface area contributed by atoms with Gasteiger partial charge in [0.25, 0.3) is 0 Å². The predicted octanol–water partition coefficient (Wildman–Crippen LogP) is 1.92. The SMILES string of the molecule is CS[C@@H]1CC[C@H](C)OC1. The molecule has 0 N–H and O–H groups in total. The Labute approximate surface area is 61.2 Å². The van der Waals surface area contributed by atoms with Crippen LogP contribution in [0.5, 0.6) is 0 Å². The highest BCUT2D eigenvalue weighted by Crippen LogP contribution is 2.21. The summed E-state index contributed by atoms with van der Waals surface area (Å²) in [6, 6.07) is 0. The molecule has 0 aliphatic carbocycles. The highest BCUT2D eigenvalue weighted by atomic mass is 32.2. The minimum atomic E-state index is 0.508. The van der Waals surface area contributed by atoms with Gasteiger partial charge in [0, 0.05) is 5.25 Å². The Bertz CT molecular complexity index is 77.0. The molecule has 1 saturated heterocycles. The average molecular weight is 146 g/mol. The van der Waals surface area contributed by atoms with E-state index in [2.05, 4.69) is 13.2 Å². The molecule has 9 heavy (non-hydrogen) atoms. The summed E-state index contributed by atoms with van der Waals surface area (Å²) < 4.78 is 5.46. The molecule has 0 aromatic carbocycles. The van der Waals surface area contributed by atoms with E-state index in [1.807, 2.05) is 11.8 Å². The van der Waals surface area contributed by atoms with E-state index in [-0.39, 0.29) is 0 Å². The lowest BCUT2D eigenvalue weighted by Gasteiger charge is -2.25. The van der Waals surface area contributed by atoms with Crippen LogP contribution in [0.3, 0.4) is 0 Å². The molecule has 0 bridgehead atoms. The molecular weight excluding hydrogens is 132 g/mol. The summed E-state index contributed by atoms with van der Waals surface area (Å²) in [5.41, 5.74) is 0. The monoisotopic (exact) mass is 146 g/mol. The maximum Gasteiger partial charge on any atom is 0.0588 e. The van der Waals surface area contributed by atoms with Crippen molar-refractivity contribution in [3.05, 3.63) is 0 Å². The molecule has 0 radical (unpaired) electrons. The standard InChI is InChI=1S/C7H14OS/c1-6-3-4-7(9-2)5-8-6/h6-7H,3-5H2,1-2H3/t6-,7+/m0/s1. The molecule has 1 heterocycles. The van der Waals surface area contributed by atoms with E-state index in [9.17, 15) is 0 Å². The van der Waals surface area contributed by atoms with Crippen LogP contribution in [0.25, 0.3) is 0 Å². The van der Waals surface area contributed by atoms with Crippen LogP contribution in [-0.2, 0) is 4.74 Å². The molecule has 0 aromatic rings. The summed E-state index contributed by atoms with van der Waals surface area (Å²) in [6.07, 6.45) is 5.24. The third-order valence-corrected chi connectivity index (χ3v) is 2.83. The molecule has 0 saturated carbocycles. The van der Waals surface area contributed by atoms with Crippen molar-refractivity contribution in [3.63, 3.8) is 0 Å². The lowest BCUT2D eigenvalue weighted by Crippen LogP contribution is -2.24. The van der Waals surface area contributed by atoms with Crippen molar-refractivity contribution < 1.29 is 4.74 Å². The fourth-order valence-corrected chi connectivity index (χ4v) is 1.63. The topological polar surface area (TPSA) is 9.23 Å². The number of rotatable bonds is 1. The Balaban J connectivity index is 2.18. The zero-order valence-electron chi connectivity index (χ0n) is 6.09. The molecule has 0 aromatic heterocycles. The van der Waals surface area contributed by atoms with Crippen molar-refractivity contribution in [1.29, 1.82) is 0 Å². The third kappa shape index (κ3) is 2.18. The number of ether oxygens (including phenoxy) is 1. The molecular formula is C7H14OS. The first kappa shape index (κ1) is 7.42. The maximum atomic E-state index is 5.46. The third-order valence-electron chi connectivity index (χ3n) is 1.80. The van der Waals surface area contributed by atoms with Crippen molar-refractivity contribution in [3.8, 4) is 0 Å². The minimum absolute atomic E-state index is 0.508. The Kier molecular flexibility index (Phi) is 2.86. The van der Waals surface area contributed by atoms with Crippen LogP contribution in [0.2, 0.25) is 0 Å². The van der Waals surface area contributed by atoms with Crippen molar-refractivity contribution in [2.75, 3.05) is 12.9 Å². The first-order valence-electron chi connectivity index (χ1n) is 3.47. The van der Waals surface area contributed by atoms with Crippen LogP contribution in [0, 0.1) is 0 Å². The molecule has 1 nitrogen and oxygen atoms in total. The van der Waals surface area contributed by atoms with Crippen LogP contribution in [0.4, 0.5) is 0 Å². The Morgan fingerprint density at radius 2 is 2.22 bits per heavy atom. The number of hydrogen-bond acceptors (Lipinski definition) is 2. The molecule has 0 amide bonds. The molecule has 1 aliphatic rings. The van der Waals surface area contributed by atoms with Crippen LogP contribution >= 0.6 is 11.8 Å². The first-order chi connectivity index (χ1) is 4.33. The smallest absolute Gasteiger partial charge is 0.0588 e. The zero-order chi connectivity index (χ0) is 6.69. The van der Waals surface area contributed by atoms with E-state index in [0.29, 0.717) is 6.10 Å². The van der Waals surface area contributed by atoms with Gasteiger partial charge in [-0.1, -0.05) is 0 Å². The molecule has 2 atom stereocenters. The van der Waals surface area contributed by atoms with Crippen LogP contribution in [0.15, 0.2) is 0 Å². The fourth-order valence-electron chi connectivity index (χ4n) is 1.04. The largest absolute Gasteiger partial charge is 0.377 e. The lowest BCUT2D eigenvalue weighted by atomic mass is 10.1. The summed E-state index contributed by atoms with van der Waals surface area (Å²) in [6.45, 7) is 3.11. The van der Waals surface area contributed by atoms with Gasteiger partial charge in [-0.15, -0.1) is 0 Å². The quantitative estimate of drug-likeness (QED) is 0.559. The van der Waals surface area contributed by atoms with Gasteiger partial charge < -0.3 is 4.74 Å². The molecule has 1 aliphatic heterocycles. The van der Waals surface area contributed by atoms with Gasteiger partial charge >= 0.3 is 0 Å². The van der Waals surface area contributed by atoms with E-state index in [0.717, 1.165) is 11.9 Å². The average Bonchev–Trinajstić information content (AvgIpc) is 1.90. The second kappa shape index (κ2) is 3.47. The van der Waals surface area contributed by atoms with Gasteiger partial charge in [0.2, 0.25) is 0 Å². The molecule has 0 unspecified atom stereocenters. The van der Waals surface area contributed by atoms with Crippen molar-refractivity contribution in [1.82, 2.24) is 0 Å². The van der Waals surface area contributed by atoms with Crippen LogP contribution in [-0.4, -0.2) is 24.2 Å². The molecule has 1 rings (SSSR count). The lowest BCUT2D eigenvalue weighted by molar-refractivity contribution is 0.0324. The van der Waals surface area contributed by atoms with E-state index >= 15 is 0 Å². The van der Waals surface area contributed by atoms with Gasteiger partial charge in [0.15, 0.2) is 0 Å². The van der Waals surface area contributed by atoms with E-state index < -0.39 is 0 Å². The summed E-state index contributed by atoms with van der Waals surface area (Å²) >= 11 is 1.92. The highest BCUT2D eigenvalue weighted by Gasteiger charge is 2.16. The van der Waals surface area contributed by atoms with Crippen LogP contribution in [0.1, 0.15) is 19.8 Å². The Morgan fingerprint density at radius 1 is 1.44 bits per heavy atom. The van der Waals surface area contributed by atoms with Crippen molar-refractivity contribution in [2.24, 2.45) is 0 Å². The van der Waals surface area contributed by atoms with Gasteiger partial charge in [-0.25, -0.2) is 0 Å². The maximum absolute atomic E-state index is 5.46. The van der Waals surface area contributed by atoms with Gasteiger partial charge in [-0.05, 0) is 26.0 Å². The van der Waals surface area contributed by atoms with Gasteiger partial charge in [-0.3, -0.25) is 0 Å². The van der Waals surface area contributed by atoms with Crippen molar-refractivity contribution >= 4 is 11.8 Å². The summed E-state index contributed by atoms with van der Waals surface area (Å²) in [7, 11) is 0. The Morgan fingerprint density at radius 3 is 2.67 bits per heavy atom. The molecule has 0 spiro atoms. The molecule has 2 heteroatoms. The highest BCUT2D eigenvalue weighted by molar-refractivity contribution is 7.99. The van der Waals surface area contributed by atoms with Crippen molar-refractivity contribution in [2.45, 2.75) is 31.1 Å². The van der Waals surface area contributed by atoms with E-state index in [1.165, 1.54) is 12.8 Å². The second-order valence-electron chi connectivity index (χ2n) is 2.58. The van der Waals surface area contributed by atoms with Gasteiger partial charge in [0.1, 0.15) is 0 Å². The Hall–Kier alpha value is 0.310. The van der Waals surface area contributed by atoms with E-state index in [1.54, 1.807) is 0 Å². The fraction of sp³-hybridized carbons (Fsp3) is 1.00. The normalized spacial score (nSPS) is 36.7. The summed E-state index contributed by atoms with van der Waals surface area (Å²) in [5.74, 6) is 0. The summed E-state index contributed by atoms with van der Waals surface area (Å²) in [5, 5.41) is 0.765. The van der Waals surface area contributed by atoms with Crippen LogP contribution < -0.4 is 0 Å². The molecule has 1 fully saturated rings. The van der Waals surface area contributed by atoms with E-state index in [4.69, 9.17) is 4.74 Å². The predicted molar refractivity (Wildman–Crippen MR) is 42.0 cm³/mol.